The van der Waals surface area contributed by atoms with Crippen molar-refractivity contribution in [1.29, 1.82) is 0 Å². The van der Waals surface area contributed by atoms with Crippen molar-refractivity contribution in [3.05, 3.63) is 29.3 Å². The molecule has 0 radical (unpaired) electrons. The summed E-state index contributed by atoms with van der Waals surface area (Å²) >= 11 is 0. The second kappa shape index (κ2) is 9.39. The zero-order valence-electron chi connectivity index (χ0n) is 16.8. The number of carboxylic acids is 1. The summed E-state index contributed by atoms with van der Waals surface area (Å²) in [6.07, 6.45) is 1.59. The van der Waals surface area contributed by atoms with Crippen LogP contribution in [0.4, 0.5) is 10.5 Å². The lowest BCUT2D eigenvalue weighted by molar-refractivity contribution is -0.137. The van der Waals surface area contributed by atoms with Gasteiger partial charge in [0.25, 0.3) is 0 Å². The van der Waals surface area contributed by atoms with Crippen LogP contribution in [0.1, 0.15) is 30.4 Å². The lowest BCUT2D eigenvalue weighted by Gasteiger charge is -2.45. The number of urea groups is 1. The first-order valence-corrected chi connectivity index (χ1v) is 10.1. The SMILES string of the molecule is Cc1ccc(NC(=O)N2CC[C@H](N3CCOCC3)[C@H](CCC(=O)O)C2)cc1C. The molecular formula is C21H31N3O4. The summed E-state index contributed by atoms with van der Waals surface area (Å²) in [5.41, 5.74) is 3.13. The maximum Gasteiger partial charge on any atom is 0.321 e. The van der Waals surface area contributed by atoms with E-state index in [-0.39, 0.29) is 18.4 Å². The Morgan fingerprint density at radius 1 is 1.18 bits per heavy atom. The molecule has 0 aliphatic carbocycles. The maximum absolute atomic E-state index is 12.8. The summed E-state index contributed by atoms with van der Waals surface area (Å²) in [5, 5.41) is 12.1. The normalized spacial score (nSPS) is 23.4. The van der Waals surface area contributed by atoms with Gasteiger partial charge in [0, 0.05) is 44.3 Å². The van der Waals surface area contributed by atoms with Gasteiger partial charge in [0.2, 0.25) is 0 Å². The maximum atomic E-state index is 12.8. The third-order valence-corrected chi connectivity index (χ3v) is 5.98. The van der Waals surface area contributed by atoms with Gasteiger partial charge in [0.15, 0.2) is 0 Å². The van der Waals surface area contributed by atoms with Crippen LogP contribution in [0.25, 0.3) is 0 Å². The molecule has 1 aromatic carbocycles. The number of carbonyl (C=O) groups is 2. The first kappa shape index (κ1) is 20.6. The first-order valence-electron chi connectivity index (χ1n) is 10.1. The monoisotopic (exact) mass is 389 g/mol. The fraction of sp³-hybridized carbons (Fsp3) is 0.619. The van der Waals surface area contributed by atoms with Crippen molar-refractivity contribution in [2.75, 3.05) is 44.7 Å². The molecule has 2 amide bonds. The van der Waals surface area contributed by atoms with Crippen LogP contribution < -0.4 is 5.32 Å². The van der Waals surface area contributed by atoms with Crippen molar-refractivity contribution >= 4 is 17.7 Å². The summed E-state index contributed by atoms with van der Waals surface area (Å²) in [5.74, 6) is -0.620. The molecule has 0 aromatic heterocycles. The number of aliphatic carboxylic acids is 1. The van der Waals surface area contributed by atoms with E-state index in [0.717, 1.165) is 44.0 Å². The highest BCUT2D eigenvalue weighted by Gasteiger charge is 2.35. The number of hydrogen-bond donors (Lipinski definition) is 2. The van der Waals surface area contributed by atoms with Crippen molar-refractivity contribution in [3.8, 4) is 0 Å². The van der Waals surface area contributed by atoms with Gasteiger partial charge in [-0.05, 0) is 55.9 Å². The number of amides is 2. The van der Waals surface area contributed by atoms with Crippen LogP contribution in [-0.4, -0.2) is 72.3 Å². The summed E-state index contributed by atoms with van der Waals surface area (Å²) < 4.78 is 5.46. The number of piperidine rings is 1. The van der Waals surface area contributed by atoms with Crippen molar-refractivity contribution in [1.82, 2.24) is 9.80 Å². The molecule has 2 N–H and O–H groups in total. The standard InChI is InChI=1S/C21H31N3O4/c1-15-3-5-18(13-16(15)2)22-21(27)24-8-7-19(23-9-11-28-12-10-23)17(14-24)4-6-20(25)26/h3,5,13,17,19H,4,6-12,14H2,1-2H3,(H,22,27)(H,25,26)/t17-,19+/m1/s1. The van der Waals surface area contributed by atoms with E-state index in [4.69, 9.17) is 9.84 Å². The highest BCUT2D eigenvalue weighted by molar-refractivity contribution is 5.89. The van der Waals surface area contributed by atoms with Crippen LogP contribution in [0, 0.1) is 19.8 Å². The van der Waals surface area contributed by atoms with E-state index in [9.17, 15) is 9.59 Å². The zero-order valence-corrected chi connectivity index (χ0v) is 16.8. The molecule has 2 fully saturated rings. The zero-order chi connectivity index (χ0) is 20.1. The van der Waals surface area contributed by atoms with Crippen LogP contribution in [0.3, 0.4) is 0 Å². The number of aryl methyl sites for hydroxylation is 2. The molecule has 1 aromatic rings. The van der Waals surface area contributed by atoms with E-state index < -0.39 is 5.97 Å². The second-order valence-corrected chi connectivity index (χ2v) is 7.87. The average Bonchev–Trinajstić information content (AvgIpc) is 2.69. The summed E-state index contributed by atoms with van der Waals surface area (Å²) in [7, 11) is 0. The molecule has 0 bridgehead atoms. The first-order chi connectivity index (χ1) is 13.4. The topological polar surface area (TPSA) is 82.1 Å². The van der Waals surface area contributed by atoms with Gasteiger partial charge in [-0.15, -0.1) is 0 Å². The van der Waals surface area contributed by atoms with E-state index in [1.807, 2.05) is 36.9 Å². The lowest BCUT2D eigenvalue weighted by atomic mass is 9.87. The molecule has 2 aliphatic heterocycles. The highest BCUT2D eigenvalue weighted by Crippen LogP contribution is 2.27. The average molecular weight is 389 g/mol. The van der Waals surface area contributed by atoms with Gasteiger partial charge in [-0.1, -0.05) is 6.07 Å². The van der Waals surface area contributed by atoms with E-state index in [2.05, 4.69) is 10.2 Å². The fourth-order valence-electron chi connectivity index (χ4n) is 4.21. The highest BCUT2D eigenvalue weighted by atomic mass is 16.5. The Morgan fingerprint density at radius 2 is 1.93 bits per heavy atom. The molecule has 2 saturated heterocycles. The molecular weight excluding hydrogens is 358 g/mol. The van der Waals surface area contributed by atoms with E-state index in [0.29, 0.717) is 25.6 Å². The largest absolute Gasteiger partial charge is 0.481 e. The van der Waals surface area contributed by atoms with E-state index >= 15 is 0 Å². The molecule has 154 valence electrons. The molecule has 3 rings (SSSR count). The minimum atomic E-state index is -0.780. The lowest BCUT2D eigenvalue weighted by Crippen LogP contribution is -2.55. The fourth-order valence-corrected chi connectivity index (χ4v) is 4.21. The van der Waals surface area contributed by atoms with E-state index in [1.54, 1.807) is 0 Å². The molecule has 2 atom stereocenters. The Hall–Kier alpha value is -2.12. The summed E-state index contributed by atoms with van der Waals surface area (Å²) in [6.45, 7) is 8.55. The number of morpholine rings is 1. The van der Waals surface area contributed by atoms with Crippen molar-refractivity contribution in [2.45, 2.75) is 39.2 Å². The Morgan fingerprint density at radius 3 is 2.61 bits per heavy atom. The molecule has 2 heterocycles. The predicted molar refractivity (Wildman–Crippen MR) is 108 cm³/mol. The molecule has 28 heavy (non-hydrogen) atoms. The number of ether oxygens (including phenoxy) is 1. The van der Waals surface area contributed by atoms with Gasteiger partial charge in [0.05, 0.1) is 13.2 Å². The minimum Gasteiger partial charge on any atom is -0.481 e. The van der Waals surface area contributed by atoms with Crippen LogP contribution >= 0.6 is 0 Å². The molecule has 0 spiro atoms. The van der Waals surface area contributed by atoms with Crippen LogP contribution in [0.2, 0.25) is 0 Å². The number of likely N-dealkylation sites (tertiary alicyclic amines) is 1. The van der Waals surface area contributed by atoms with Crippen LogP contribution in [0.5, 0.6) is 0 Å². The smallest absolute Gasteiger partial charge is 0.321 e. The van der Waals surface area contributed by atoms with Crippen LogP contribution in [-0.2, 0) is 9.53 Å². The van der Waals surface area contributed by atoms with Crippen molar-refractivity contribution < 1.29 is 19.4 Å². The molecule has 7 nitrogen and oxygen atoms in total. The number of carbonyl (C=O) groups excluding carboxylic acids is 1. The number of hydrogen-bond acceptors (Lipinski definition) is 4. The second-order valence-electron chi connectivity index (χ2n) is 7.87. The molecule has 7 heteroatoms. The van der Waals surface area contributed by atoms with Gasteiger partial charge < -0.3 is 20.1 Å². The van der Waals surface area contributed by atoms with Gasteiger partial charge in [-0.3, -0.25) is 9.69 Å². The Bertz CT molecular complexity index is 703. The Balaban J connectivity index is 1.64. The molecule has 0 unspecified atom stereocenters. The number of nitrogens with one attached hydrogen (secondary N) is 1. The minimum absolute atomic E-state index is 0.107. The Labute approximate surface area is 166 Å². The number of nitrogens with zero attached hydrogens (tertiary/aromatic N) is 2. The van der Waals surface area contributed by atoms with Crippen molar-refractivity contribution in [2.24, 2.45) is 5.92 Å². The number of rotatable bonds is 5. The van der Waals surface area contributed by atoms with Gasteiger partial charge in [-0.2, -0.15) is 0 Å². The molecule has 0 saturated carbocycles. The van der Waals surface area contributed by atoms with E-state index in [1.165, 1.54) is 5.56 Å². The van der Waals surface area contributed by atoms with Crippen molar-refractivity contribution in [3.63, 3.8) is 0 Å². The predicted octanol–water partition coefficient (Wildman–Crippen LogP) is 2.72. The van der Waals surface area contributed by atoms with Gasteiger partial charge >= 0.3 is 12.0 Å². The Kier molecular flexibility index (Phi) is 6.91. The molecule has 2 aliphatic rings. The summed E-state index contributed by atoms with van der Waals surface area (Å²) in [4.78, 5) is 28.2. The quantitative estimate of drug-likeness (QED) is 0.809. The third-order valence-electron chi connectivity index (χ3n) is 5.98. The third kappa shape index (κ3) is 5.23. The number of benzene rings is 1. The van der Waals surface area contributed by atoms with Crippen LogP contribution in [0.15, 0.2) is 18.2 Å². The number of anilines is 1. The summed E-state index contributed by atoms with van der Waals surface area (Å²) in [6, 6.07) is 6.11. The number of carboxylic acid groups (broad SMARTS) is 1. The van der Waals surface area contributed by atoms with Gasteiger partial charge in [0.1, 0.15) is 0 Å². The van der Waals surface area contributed by atoms with Gasteiger partial charge in [-0.25, -0.2) is 4.79 Å².